The highest BCUT2D eigenvalue weighted by atomic mass is 32.2. The Bertz CT molecular complexity index is 571. The Labute approximate surface area is 150 Å². The van der Waals surface area contributed by atoms with Crippen LogP contribution >= 0.6 is 11.8 Å². The number of rotatable bonds is 5. The SMILES string of the molecule is CON=C(C)C=NO.CON=C(C)C=NO.N#CSc1ccccn1. The van der Waals surface area contributed by atoms with Crippen molar-refractivity contribution in [3.05, 3.63) is 24.4 Å². The van der Waals surface area contributed by atoms with Gasteiger partial charge in [0.25, 0.3) is 0 Å². The van der Waals surface area contributed by atoms with Crippen LogP contribution in [-0.2, 0) is 9.68 Å². The number of thiocyanates is 1. The lowest BCUT2D eigenvalue weighted by atomic mass is 10.5. The maximum absolute atomic E-state index is 8.19. The van der Waals surface area contributed by atoms with E-state index in [-0.39, 0.29) is 0 Å². The third-order valence-electron chi connectivity index (χ3n) is 1.75. The highest BCUT2D eigenvalue weighted by Crippen LogP contribution is 2.10. The van der Waals surface area contributed by atoms with Crippen molar-refractivity contribution < 1.29 is 20.1 Å². The Morgan fingerprint density at radius 2 is 1.64 bits per heavy atom. The number of hydrogen-bond donors (Lipinski definition) is 2. The fourth-order valence-corrected chi connectivity index (χ4v) is 1.31. The monoisotopic (exact) mass is 368 g/mol. The maximum Gasteiger partial charge on any atom is 0.140 e. The van der Waals surface area contributed by atoms with Gasteiger partial charge in [-0.25, -0.2) is 4.98 Å². The van der Waals surface area contributed by atoms with Crippen molar-refractivity contribution in [3.63, 3.8) is 0 Å². The van der Waals surface area contributed by atoms with Crippen molar-refractivity contribution >= 4 is 35.6 Å². The molecule has 136 valence electrons. The third kappa shape index (κ3) is 18.8. The number of aromatic nitrogens is 1. The molecule has 1 rings (SSSR count). The van der Waals surface area contributed by atoms with Crippen LogP contribution in [0, 0.1) is 10.7 Å². The lowest BCUT2D eigenvalue weighted by Gasteiger charge is -1.86. The van der Waals surface area contributed by atoms with Gasteiger partial charge >= 0.3 is 0 Å². The second-order valence-electron chi connectivity index (χ2n) is 3.68. The quantitative estimate of drug-likeness (QED) is 0.267. The molecule has 0 aliphatic heterocycles. The molecule has 0 aliphatic rings. The van der Waals surface area contributed by atoms with Crippen LogP contribution in [0.15, 0.2) is 50.0 Å². The lowest BCUT2D eigenvalue weighted by molar-refractivity contribution is 0.214. The van der Waals surface area contributed by atoms with Gasteiger partial charge in [-0.05, 0) is 26.0 Å². The third-order valence-corrected chi connectivity index (χ3v) is 2.29. The Morgan fingerprint density at radius 3 is 1.96 bits per heavy atom. The molecular formula is C14H20N6O4S. The Morgan fingerprint density at radius 1 is 1.12 bits per heavy atom. The summed E-state index contributed by atoms with van der Waals surface area (Å²) in [5.74, 6) is 0. The zero-order valence-electron chi connectivity index (χ0n) is 14.3. The molecule has 1 heterocycles. The molecule has 0 radical (unpaired) electrons. The molecular weight excluding hydrogens is 348 g/mol. The zero-order chi connectivity index (χ0) is 19.3. The standard InChI is InChI=1S/C6H4N2S.2C4H8N2O2/c7-5-9-6-3-1-2-4-8-6;2*1-4(3-5-7)6-8-2/h1-4H;2*3,7H,1-2H3. The van der Waals surface area contributed by atoms with Crippen LogP contribution in [0.3, 0.4) is 0 Å². The van der Waals surface area contributed by atoms with E-state index < -0.39 is 0 Å². The number of pyridine rings is 1. The van der Waals surface area contributed by atoms with E-state index in [9.17, 15) is 0 Å². The Balaban J connectivity index is 0. The van der Waals surface area contributed by atoms with E-state index in [2.05, 4.69) is 35.3 Å². The molecule has 0 bridgehead atoms. The molecule has 0 amide bonds. The largest absolute Gasteiger partial charge is 0.411 e. The van der Waals surface area contributed by atoms with E-state index in [1.165, 1.54) is 26.6 Å². The molecule has 0 atom stereocenters. The number of nitriles is 1. The fourth-order valence-electron chi connectivity index (χ4n) is 0.956. The van der Waals surface area contributed by atoms with Crippen LogP contribution in [0.4, 0.5) is 0 Å². The average molecular weight is 368 g/mol. The van der Waals surface area contributed by atoms with E-state index in [1.54, 1.807) is 26.1 Å². The smallest absolute Gasteiger partial charge is 0.140 e. The summed E-state index contributed by atoms with van der Waals surface area (Å²) < 4.78 is 0. The highest BCUT2D eigenvalue weighted by Gasteiger charge is 1.87. The molecule has 0 spiro atoms. The molecule has 0 unspecified atom stereocenters. The number of thioether (sulfide) groups is 1. The summed E-state index contributed by atoms with van der Waals surface area (Å²) in [7, 11) is 2.85. The van der Waals surface area contributed by atoms with Crippen LogP contribution in [0.1, 0.15) is 13.8 Å². The molecule has 0 fully saturated rings. The molecule has 0 aliphatic carbocycles. The second-order valence-corrected chi connectivity index (χ2v) is 4.49. The number of hydrogen-bond acceptors (Lipinski definition) is 11. The van der Waals surface area contributed by atoms with Crippen molar-refractivity contribution in [2.75, 3.05) is 14.2 Å². The van der Waals surface area contributed by atoms with Crippen LogP contribution in [0.2, 0.25) is 0 Å². The van der Waals surface area contributed by atoms with Crippen molar-refractivity contribution in [2.24, 2.45) is 20.6 Å². The number of nitrogens with zero attached hydrogens (tertiary/aromatic N) is 6. The first-order chi connectivity index (χ1) is 12.0. The summed E-state index contributed by atoms with van der Waals surface area (Å²) in [6.07, 6.45) is 4.03. The molecule has 2 N–H and O–H groups in total. The van der Waals surface area contributed by atoms with Gasteiger partial charge in [0, 0.05) is 18.0 Å². The van der Waals surface area contributed by atoms with Gasteiger partial charge in [-0.3, -0.25) is 0 Å². The van der Waals surface area contributed by atoms with E-state index in [0.717, 1.165) is 16.8 Å². The molecule has 25 heavy (non-hydrogen) atoms. The first-order valence-electron chi connectivity index (χ1n) is 6.52. The van der Waals surface area contributed by atoms with Gasteiger partial charge in [-0.2, -0.15) is 5.26 Å². The summed E-state index contributed by atoms with van der Waals surface area (Å²) in [5.41, 5.74) is 1.05. The van der Waals surface area contributed by atoms with Crippen LogP contribution in [-0.4, -0.2) is 53.5 Å². The number of oxime groups is 4. The summed E-state index contributed by atoms with van der Waals surface area (Å²) in [4.78, 5) is 12.6. The van der Waals surface area contributed by atoms with Crippen molar-refractivity contribution in [3.8, 4) is 5.40 Å². The van der Waals surface area contributed by atoms with Gasteiger partial charge in [-0.15, -0.1) is 0 Å². The minimum Gasteiger partial charge on any atom is -0.411 e. The van der Waals surface area contributed by atoms with Gasteiger partial charge in [0.05, 0.1) is 23.9 Å². The maximum atomic E-state index is 8.19. The van der Waals surface area contributed by atoms with Crippen molar-refractivity contribution in [1.82, 2.24) is 4.98 Å². The van der Waals surface area contributed by atoms with E-state index in [0.29, 0.717) is 11.4 Å². The Hall–Kier alpha value is -3.13. The van der Waals surface area contributed by atoms with Gasteiger partial charge in [0.1, 0.15) is 24.6 Å². The fraction of sp³-hybridized carbons (Fsp3) is 0.286. The summed E-state index contributed by atoms with van der Waals surface area (Å²) in [6.45, 7) is 3.31. The normalized spacial score (nSPS) is 11.0. The summed E-state index contributed by atoms with van der Waals surface area (Å²) in [6, 6.07) is 5.47. The second kappa shape index (κ2) is 18.9. The predicted molar refractivity (Wildman–Crippen MR) is 96.5 cm³/mol. The lowest BCUT2D eigenvalue weighted by Crippen LogP contribution is -1.91. The molecule has 10 nitrogen and oxygen atoms in total. The van der Waals surface area contributed by atoms with Gasteiger partial charge in [0.15, 0.2) is 0 Å². The van der Waals surface area contributed by atoms with Gasteiger partial charge < -0.3 is 20.1 Å². The van der Waals surface area contributed by atoms with Crippen molar-refractivity contribution in [1.29, 1.82) is 5.26 Å². The topological polar surface area (TPSA) is 145 Å². The van der Waals surface area contributed by atoms with E-state index >= 15 is 0 Å². The average Bonchev–Trinajstić information content (AvgIpc) is 2.58. The van der Waals surface area contributed by atoms with Crippen LogP contribution < -0.4 is 0 Å². The van der Waals surface area contributed by atoms with Gasteiger partial charge in [-0.1, -0.05) is 26.7 Å². The van der Waals surface area contributed by atoms with Crippen LogP contribution in [0.25, 0.3) is 0 Å². The molecule has 0 saturated heterocycles. The van der Waals surface area contributed by atoms with Crippen molar-refractivity contribution in [2.45, 2.75) is 18.9 Å². The predicted octanol–water partition coefficient (Wildman–Crippen LogP) is 2.59. The van der Waals surface area contributed by atoms with Gasteiger partial charge in [0.2, 0.25) is 0 Å². The zero-order valence-corrected chi connectivity index (χ0v) is 15.1. The first kappa shape index (κ1) is 24.1. The van der Waals surface area contributed by atoms with E-state index in [1.807, 2.05) is 17.5 Å². The minimum atomic E-state index is 0.523. The summed E-state index contributed by atoms with van der Waals surface area (Å²) in [5, 5.41) is 39.0. The molecule has 1 aromatic heterocycles. The Kier molecular flexibility index (Phi) is 18.3. The molecule has 0 aromatic carbocycles. The van der Waals surface area contributed by atoms with Crippen LogP contribution in [0.5, 0.6) is 0 Å². The molecule has 1 aromatic rings. The highest BCUT2D eigenvalue weighted by molar-refractivity contribution is 8.03. The molecule has 0 saturated carbocycles. The summed E-state index contributed by atoms with van der Waals surface area (Å²) >= 11 is 1.07. The van der Waals surface area contributed by atoms with E-state index in [4.69, 9.17) is 15.7 Å². The molecule has 11 heteroatoms. The first-order valence-corrected chi connectivity index (χ1v) is 7.34. The minimum absolute atomic E-state index is 0.523.